The van der Waals surface area contributed by atoms with Gasteiger partial charge in [-0.2, -0.15) is 0 Å². The Morgan fingerprint density at radius 2 is 1.67 bits per heavy atom. The molecule has 0 radical (unpaired) electrons. The number of hydrogen-bond acceptors (Lipinski definition) is 3. The summed E-state index contributed by atoms with van der Waals surface area (Å²) in [5, 5.41) is 0. The highest BCUT2D eigenvalue weighted by Gasteiger charge is 2.53. The van der Waals surface area contributed by atoms with Gasteiger partial charge in [-0.05, 0) is 69.3 Å². The molecule has 4 aliphatic carbocycles. The van der Waals surface area contributed by atoms with Crippen LogP contribution in [0.4, 0.5) is 0 Å². The fourth-order valence-electron chi connectivity index (χ4n) is 6.30. The summed E-state index contributed by atoms with van der Waals surface area (Å²) in [7, 11) is 0. The summed E-state index contributed by atoms with van der Waals surface area (Å²) >= 11 is 0. The molecular formula is C20H27NO3. The number of aryl methyl sites for hydroxylation is 1. The summed E-state index contributed by atoms with van der Waals surface area (Å²) in [5.74, 6) is 4.70. The summed E-state index contributed by atoms with van der Waals surface area (Å²) in [4.78, 5) is 14.8. The Hall–Kier alpha value is -1.29. The monoisotopic (exact) mass is 329 g/mol. The van der Waals surface area contributed by atoms with Crippen molar-refractivity contribution in [3.63, 3.8) is 0 Å². The van der Waals surface area contributed by atoms with E-state index in [9.17, 15) is 4.79 Å². The van der Waals surface area contributed by atoms with E-state index in [4.69, 9.17) is 9.15 Å². The van der Waals surface area contributed by atoms with E-state index in [1.165, 1.54) is 38.5 Å². The molecule has 2 heterocycles. The Morgan fingerprint density at radius 3 is 2.25 bits per heavy atom. The standard InChI is InChI=1S/C20H27NO3/c1-13-17(19(22)21-2-4-23-5-3-21)9-18(24-13)20-10-14-6-15(11-20)8-16(7-14)12-20/h9,14-16H,2-8,10-12H2,1H3. The molecular weight excluding hydrogens is 302 g/mol. The van der Waals surface area contributed by atoms with Crippen LogP contribution >= 0.6 is 0 Å². The van der Waals surface area contributed by atoms with Gasteiger partial charge in [-0.25, -0.2) is 0 Å². The normalized spacial score (nSPS) is 37.9. The van der Waals surface area contributed by atoms with Crippen molar-refractivity contribution in [2.45, 2.75) is 50.9 Å². The number of carbonyl (C=O) groups excluding carboxylic acids is 1. The maximum Gasteiger partial charge on any atom is 0.257 e. The minimum absolute atomic E-state index is 0.121. The van der Waals surface area contributed by atoms with Crippen molar-refractivity contribution in [2.75, 3.05) is 26.3 Å². The smallest absolute Gasteiger partial charge is 0.257 e. The molecule has 5 aliphatic rings. The number of carbonyl (C=O) groups is 1. The molecule has 1 saturated heterocycles. The van der Waals surface area contributed by atoms with Crippen LogP contribution in [0, 0.1) is 24.7 Å². The van der Waals surface area contributed by atoms with Crippen molar-refractivity contribution in [3.8, 4) is 0 Å². The Morgan fingerprint density at radius 1 is 1.08 bits per heavy atom. The van der Waals surface area contributed by atoms with E-state index >= 15 is 0 Å². The lowest BCUT2D eigenvalue weighted by Gasteiger charge is -2.55. The van der Waals surface area contributed by atoms with Crippen LogP contribution in [0.2, 0.25) is 0 Å². The number of rotatable bonds is 2. The van der Waals surface area contributed by atoms with Crippen molar-refractivity contribution in [1.29, 1.82) is 0 Å². The maximum atomic E-state index is 12.9. The van der Waals surface area contributed by atoms with Crippen molar-refractivity contribution < 1.29 is 13.9 Å². The van der Waals surface area contributed by atoms with Gasteiger partial charge in [-0.1, -0.05) is 0 Å². The number of hydrogen-bond donors (Lipinski definition) is 0. The highest BCUT2D eigenvalue weighted by atomic mass is 16.5. The molecule has 0 aromatic carbocycles. The van der Waals surface area contributed by atoms with Crippen LogP contribution in [-0.4, -0.2) is 37.1 Å². The number of furan rings is 1. The van der Waals surface area contributed by atoms with Crippen molar-refractivity contribution >= 4 is 5.91 Å². The number of amides is 1. The van der Waals surface area contributed by atoms with Gasteiger partial charge in [0.1, 0.15) is 11.5 Å². The first-order chi connectivity index (χ1) is 11.6. The van der Waals surface area contributed by atoms with Gasteiger partial charge in [-0.3, -0.25) is 4.79 Å². The first-order valence-corrected chi connectivity index (χ1v) is 9.61. The summed E-state index contributed by atoms with van der Waals surface area (Å²) in [6, 6.07) is 2.10. The van der Waals surface area contributed by atoms with Crippen LogP contribution in [0.15, 0.2) is 10.5 Å². The van der Waals surface area contributed by atoms with Gasteiger partial charge < -0.3 is 14.1 Å². The second-order valence-electron chi connectivity index (χ2n) is 8.68. The van der Waals surface area contributed by atoms with Gasteiger partial charge in [0.15, 0.2) is 0 Å². The predicted octanol–water partition coefficient (Wildman–Crippen LogP) is 3.53. The van der Waals surface area contributed by atoms with Gasteiger partial charge in [0, 0.05) is 18.5 Å². The van der Waals surface area contributed by atoms with Crippen LogP contribution in [0.1, 0.15) is 60.4 Å². The SMILES string of the molecule is Cc1oc(C23CC4CC(CC(C4)C2)C3)cc1C(=O)N1CCOCC1. The number of ether oxygens (including phenoxy) is 1. The van der Waals surface area contributed by atoms with Crippen molar-refractivity contribution in [1.82, 2.24) is 4.90 Å². The second-order valence-corrected chi connectivity index (χ2v) is 8.68. The van der Waals surface area contributed by atoms with Gasteiger partial charge in [0.2, 0.25) is 0 Å². The van der Waals surface area contributed by atoms with Crippen LogP contribution in [-0.2, 0) is 10.2 Å². The fourth-order valence-corrected chi connectivity index (χ4v) is 6.30. The molecule has 4 nitrogen and oxygen atoms in total. The van der Waals surface area contributed by atoms with Gasteiger partial charge in [-0.15, -0.1) is 0 Å². The lowest BCUT2D eigenvalue weighted by Crippen LogP contribution is -2.48. The summed E-state index contributed by atoms with van der Waals surface area (Å²) in [6.45, 7) is 4.62. The Bertz CT molecular complexity index is 621. The van der Waals surface area contributed by atoms with E-state index in [0.29, 0.717) is 26.3 Å². The zero-order valence-electron chi connectivity index (χ0n) is 14.6. The average Bonchev–Trinajstić information content (AvgIpc) is 2.96. The first kappa shape index (κ1) is 15.0. The van der Waals surface area contributed by atoms with Crippen LogP contribution in [0.25, 0.3) is 0 Å². The molecule has 4 bridgehead atoms. The average molecular weight is 329 g/mol. The molecule has 130 valence electrons. The number of nitrogens with zero attached hydrogens (tertiary/aromatic N) is 1. The highest BCUT2D eigenvalue weighted by Crippen LogP contribution is 2.61. The van der Waals surface area contributed by atoms with E-state index in [2.05, 4.69) is 6.07 Å². The highest BCUT2D eigenvalue weighted by molar-refractivity contribution is 5.95. The molecule has 1 aliphatic heterocycles. The molecule has 4 heteroatoms. The second kappa shape index (κ2) is 5.35. The third-order valence-electron chi connectivity index (χ3n) is 7.01. The van der Waals surface area contributed by atoms with Crippen LogP contribution in [0.3, 0.4) is 0 Å². The molecule has 0 unspecified atom stereocenters. The van der Waals surface area contributed by atoms with Crippen LogP contribution < -0.4 is 0 Å². The number of morpholine rings is 1. The molecule has 1 aromatic heterocycles. The molecule has 1 aromatic rings. The van der Waals surface area contributed by atoms with E-state index < -0.39 is 0 Å². The maximum absolute atomic E-state index is 12.9. The molecule has 24 heavy (non-hydrogen) atoms. The minimum Gasteiger partial charge on any atom is -0.465 e. The van der Waals surface area contributed by atoms with E-state index in [1.54, 1.807) is 0 Å². The molecule has 0 spiro atoms. The van der Waals surface area contributed by atoms with Gasteiger partial charge in [0.05, 0.1) is 18.8 Å². The summed E-state index contributed by atoms with van der Waals surface area (Å²) in [6.07, 6.45) is 8.11. The largest absolute Gasteiger partial charge is 0.465 e. The van der Waals surface area contributed by atoms with Crippen molar-refractivity contribution in [3.05, 3.63) is 23.2 Å². The first-order valence-electron chi connectivity index (χ1n) is 9.61. The lowest BCUT2D eigenvalue weighted by atomic mass is 9.49. The lowest BCUT2D eigenvalue weighted by molar-refractivity contribution is -0.0154. The Kier molecular flexibility index (Phi) is 3.35. The quantitative estimate of drug-likeness (QED) is 0.833. The van der Waals surface area contributed by atoms with Gasteiger partial charge >= 0.3 is 0 Å². The summed E-state index contributed by atoms with van der Waals surface area (Å²) < 4.78 is 11.6. The topological polar surface area (TPSA) is 42.7 Å². The van der Waals surface area contributed by atoms with E-state index in [-0.39, 0.29) is 11.3 Å². The zero-order valence-corrected chi connectivity index (χ0v) is 14.6. The Labute approximate surface area is 143 Å². The minimum atomic E-state index is 0.121. The predicted molar refractivity (Wildman–Crippen MR) is 90.0 cm³/mol. The Balaban J connectivity index is 1.45. The molecule has 5 fully saturated rings. The molecule has 6 rings (SSSR count). The molecule has 0 N–H and O–H groups in total. The third-order valence-corrected chi connectivity index (χ3v) is 7.01. The van der Waals surface area contributed by atoms with E-state index in [0.717, 1.165) is 34.8 Å². The fraction of sp³-hybridized carbons (Fsp3) is 0.750. The molecule has 1 amide bonds. The summed E-state index contributed by atoms with van der Waals surface area (Å²) in [5.41, 5.74) is 1.01. The van der Waals surface area contributed by atoms with Crippen molar-refractivity contribution in [2.24, 2.45) is 17.8 Å². The zero-order chi connectivity index (χ0) is 16.3. The van der Waals surface area contributed by atoms with Gasteiger partial charge in [0.25, 0.3) is 5.91 Å². The molecule has 4 saturated carbocycles. The molecule has 0 atom stereocenters. The van der Waals surface area contributed by atoms with Crippen LogP contribution in [0.5, 0.6) is 0 Å². The third kappa shape index (κ3) is 2.26. The van der Waals surface area contributed by atoms with E-state index in [1.807, 2.05) is 11.8 Å².